The Labute approximate surface area is 105 Å². The lowest BCUT2D eigenvalue weighted by molar-refractivity contribution is 0.259. The van der Waals surface area contributed by atoms with Gasteiger partial charge in [-0.15, -0.1) is 0 Å². The lowest BCUT2D eigenvalue weighted by atomic mass is 10.2. The average Bonchev–Trinajstić information content (AvgIpc) is 3.17. The number of aromatic nitrogens is 2. The predicted molar refractivity (Wildman–Crippen MR) is 68.5 cm³/mol. The van der Waals surface area contributed by atoms with Gasteiger partial charge in [-0.2, -0.15) is 0 Å². The number of nitrogens with zero attached hydrogens (tertiary/aromatic N) is 3. The molecule has 0 spiro atoms. The first-order chi connectivity index (χ1) is 8.58. The van der Waals surface area contributed by atoms with Crippen LogP contribution in [0.3, 0.4) is 0 Å². The maximum Gasteiger partial charge on any atom is 0.332 e. The lowest BCUT2D eigenvalue weighted by Crippen LogP contribution is -2.46. The van der Waals surface area contributed by atoms with Crippen LogP contribution in [0.25, 0.3) is 0 Å². The zero-order chi connectivity index (χ0) is 12.9. The van der Waals surface area contributed by atoms with Crippen LogP contribution in [-0.2, 0) is 20.6 Å². The standard InChI is InChI=1S/C12H18N4O2/c1-14-10-9(11(17)15(2)12(14)18)6-16(7-13-10)5-8-3-4-8/h8,13H,3-7H2,1-2H3. The van der Waals surface area contributed by atoms with Crippen LogP contribution in [0.5, 0.6) is 0 Å². The number of anilines is 1. The fraction of sp³-hybridized carbons (Fsp3) is 0.667. The van der Waals surface area contributed by atoms with Crippen LogP contribution >= 0.6 is 0 Å². The molecular formula is C12H18N4O2. The highest BCUT2D eigenvalue weighted by Crippen LogP contribution is 2.31. The Morgan fingerprint density at radius 2 is 1.94 bits per heavy atom. The molecule has 98 valence electrons. The van der Waals surface area contributed by atoms with Gasteiger partial charge in [0.25, 0.3) is 5.56 Å². The van der Waals surface area contributed by atoms with E-state index in [-0.39, 0.29) is 11.2 Å². The second-order valence-electron chi connectivity index (χ2n) is 5.32. The molecule has 18 heavy (non-hydrogen) atoms. The molecule has 6 nitrogen and oxygen atoms in total. The van der Waals surface area contributed by atoms with E-state index in [1.54, 1.807) is 7.05 Å². The van der Waals surface area contributed by atoms with E-state index in [2.05, 4.69) is 10.2 Å². The highest BCUT2D eigenvalue weighted by atomic mass is 16.2. The summed E-state index contributed by atoms with van der Waals surface area (Å²) < 4.78 is 2.70. The van der Waals surface area contributed by atoms with Gasteiger partial charge in [0, 0.05) is 27.2 Å². The summed E-state index contributed by atoms with van der Waals surface area (Å²) in [7, 11) is 3.23. The summed E-state index contributed by atoms with van der Waals surface area (Å²) in [5, 5.41) is 3.20. The van der Waals surface area contributed by atoms with E-state index >= 15 is 0 Å². The fourth-order valence-corrected chi connectivity index (χ4v) is 2.54. The van der Waals surface area contributed by atoms with Gasteiger partial charge in [-0.05, 0) is 18.8 Å². The van der Waals surface area contributed by atoms with Crippen molar-refractivity contribution in [3.05, 3.63) is 26.4 Å². The average molecular weight is 250 g/mol. The molecule has 3 rings (SSSR count). The third-order valence-electron chi connectivity index (χ3n) is 3.82. The summed E-state index contributed by atoms with van der Waals surface area (Å²) in [5.41, 5.74) is 0.245. The van der Waals surface area contributed by atoms with E-state index in [0.717, 1.165) is 12.5 Å². The van der Waals surface area contributed by atoms with Gasteiger partial charge in [0.2, 0.25) is 0 Å². The monoisotopic (exact) mass is 250 g/mol. The minimum absolute atomic E-state index is 0.180. The van der Waals surface area contributed by atoms with Crippen molar-refractivity contribution in [2.24, 2.45) is 20.0 Å². The van der Waals surface area contributed by atoms with E-state index in [1.165, 1.54) is 29.0 Å². The van der Waals surface area contributed by atoms with Crippen molar-refractivity contribution < 1.29 is 0 Å². The number of rotatable bonds is 2. The van der Waals surface area contributed by atoms with Gasteiger partial charge in [-0.1, -0.05) is 0 Å². The Bertz CT molecular complexity index is 597. The third kappa shape index (κ3) is 1.77. The van der Waals surface area contributed by atoms with Crippen molar-refractivity contribution in [1.29, 1.82) is 0 Å². The second kappa shape index (κ2) is 3.98. The normalized spacial score (nSPS) is 19.4. The summed E-state index contributed by atoms with van der Waals surface area (Å²) in [5.74, 6) is 1.47. The third-order valence-corrected chi connectivity index (χ3v) is 3.82. The van der Waals surface area contributed by atoms with Crippen molar-refractivity contribution in [3.8, 4) is 0 Å². The maximum atomic E-state index is 12.1. The quantitative estimate of drug-likeness (QED) is 0.781. The topological polar surface area (TPSA) is 59.3 Å². The number of nitrogens with one attached hydrogen (secondary N) is 1. The van der Waals surface area contributed by atoms with Crippen LogP contribution in [0.15, 0.2) is 9.59 Å². The molecule has 0 amide bonds. The highest BCUT2D eigenvalue weighted by molar-refractivity contribution is 5.45. The zero-order valence-corrected chi connectivity index (χ0v) is 10.8. The molecule has 0 bridgehead atoms. The predicted octanol–water partition coefficient (Wildman–Crippen LogP) is -0.321. The molecule has 0 radical (unpaired) electrons. The minimum atomic E-state index is -0.276. The Kier molecular flexibility index (Phi) is 2.55. The largest absolute Gasteiger partial charge is 0.358 e. The molecule has 1 aliphatic heterocycles. The molecule has 1 fully saturated rings. The summed E-state index contributed by atoms with van der Waals surface area (Å²) >= 11 is 0. The van der Waals surface area contributed by atoms with E-state index in [1.807, 2.05) is 0 Å². The Morgan fingerprint density at radius 1 is 1.22 bits per heavy atom. The molecule has 2 aliphatic rings. The van der Waals surface area contributed by atoms with Crippen molar-refractivity contribution >= 4 is 5.82 Å². The zero-order valence-electron chi connectivity index (χ0n) is 10.8. The molecule has 0 saturated heterocycles. The molecular weight excluding hydrogens is 232 g/mol. The first-order valence-electron chi connectivity index (χ1n) is 6.33. The molecule has 1 aromatic heterocycles. The summed E-state index contributed by atoms with van der Waals surface area (Å²) in [6.07, 6.45) is 2.60. The van der Waals surface area contributed by atoms with E-state index < -0.39 is 0 Å². The van der Waals surface area contributed by atoms with Gasteiger partial charge in [0.15, 0.2) is 0 Å². The molecule has 0 unspecified atom stereocenters. The van der Waals surface area contributed by atoms with Crippen molar-refractivity contribution in [1.82, 2.24) is 14.0 Å². The molecule has 0 atom stereocenters. The smallest absolute Gasteiger partial charge is 0.332 e. The molecule has 1 N–H and O–H groups in total. The second-order valence-corrected chi connectivity index (χ2v) is 5.32. The van der Waals surface area contributed by atoms with E-state index in [4.69, 9.17) is 0 Å². The Balaban J connectivity index is 1.99. The van der Waals surface area contributed by atoms with Crippen LogP contribution < -0.4 is 16.6 Å². The Morgan fingerprint density at radius 3 is 2.61 bits per heavy atom. The number of hydrogen-bond acceptors (Lipinski definition) is 4. The van der Waals surface area contributed by atoms with Gasteiger partial charge in [-0.25, -0.2) is 4.79 Å². The van der Waals surface area contributed by atoms with E-state index in [9.17, 15) is 9.59 Å². The number of fused-ring (bicyclic) bond motifs is 1. The molecule has 6 heteroatoms. The summed E-state index contributed by atoms with van der Waals surface area (Å²) in [6, 6.07) is 0. The minimum Gasteiger partial charge on any atom is -0.358 e. The van der Waals surface area contributed by atoms with Crippen molar-refractivity contribution in [2.45, 2.75) is 19.4 Å². The van der Waals surface area contributed by atoms with Crippen LogP contribution in [0, 0.1) is 5.92 Å². The molecule has 0 aromatic carbocycles. The van der Waals surface area contributed by atoms with Crippen LogP contribution in [0.4, 0.5) is 5.82 Å². The summed E-state index contributed by atoms with van der Waals surface area (Å²) in [4.78, 5) is 26.2. The van der Waals surface area contributed by atoms with Crippen LogP contribution in [-0.4, -0.2) is 27.2 Å². The van der Waals surface area contributed by atoms with Crippen LogP contribution in [0.1, 0.15) is 18.4 Å². The first-order valence-corrected chi connectivity index (χ1v) is 6.33. The lowest BCUT2D eigenvalue weighted by Gasteiger charge is -2.30. The molecule has 1 saturated carbocycles. The van der Waals surface area contributed by atoms with Crippen molar-refractivity contribution in [3.63, 3.8) is 0 Å². The Hall–Kier alpha value is -1.56. The fourth-order valence-electron chi connectivity index (χ4n) is 2.54. The van der Waals surface area contributed by atoms with Gasteiger partial charge >= 0.3 is 5.69 Å². The van der Waals surface area contributed by atoms with Crippen LogP contribution in [0.2, 0.25) is 0 Å². The molecule has 2 heterocycles. The SMILES string of the molecule is Cn1c2c(c(=O)n(C)c1=O)CN(CC1CC1)CN2. The number of hydrogen-bond donors (Lipinski definition) is 1. The summed E-state index contributed by atoms with van der Waals surface area (Å²) in [6.45, 7) is 2.39. The highest BCUT2D eigenvalue weighted by Gasteiger charge is 2.28. The molecule has 1 aromatic rings. The van der Waals surface area contributed by atoms with Gasteiger partial charge in [0.05, 0.1) is 12.2 Å². The molecule has 1 aliphatic carbocycles. The van der Waals surface area contributed by atoms with Gasteiger partial charge in [-0.3, -0.25) is 18.8 Å². The van der Waals surface area contributed by atoms with Gasteiger partial charge < -0.3 is 5.32 Å². The van der Waals surface area contributed by atoms with Crippen molar-refractivity contribution in [2.75, 3.05) is 18.5 Å². The van der Waals surface area contributed by atoms with Gasteiger partial charge in [0.1, 0.15) is 5.82 Å². The maximum absolute atomic E-state index is 12.1. The first kappa shape index (κ1) is 11.5. The van der Waals surface area contributed by atoms with E-state index in [0.29, 0.717) is 24.6 Å².